The van der Waals surface area contributed by atoms with Gasteiger partial charge in [-0.2, -0.15) is 0 Å². The predicted octanol–water partition coefficient (Wildman–Crippen LogP) is 10.7. The van der Waals surface area contributed by atoms with E-state index in [9.17, 15) is 0 Å². The minimum absolute atomic E-state index is 0.0190. The SMILES string of the molecule is CC.CC.CCCCCCCCCCCCCCCCCCCCCCOC1C(C)OC(COC)C1OC. The number of hydrogen-bond donors (Lipinski definition) is 0. The average Bonchev–Trinajstić information content (AvgIpc) is 3.25. The van der Waals surface area contributed by atoms with Crippen LogP contribution >= 0.6 is 0 Å². The fourth-order valence-corrected chi connectivity index (χ4v) is 5.30. The van der Waals surface area contributed by atoms with Crippen molar-refractivity contribution >= 4 is 0 Å². The highest BCUT2D eigenvalue weighted by Gasteiger charge is 2.43. The Morgan fingerprint density at radius 2 is 0.895 bits per heavy atom. The Morgan fingerprint density at radius 3 is 1.24 bits per heavy atom. The monoisotopic (exact) mass is 545 g/mol. The standard InChI is InChI=1S/C30H60O4.2C2H6/c1-5-6-7-8-9-10-11-12-13-14-15-16-17-18-19-20-21-22-23-24-25-33-29-27(2)34-28(26-31-3)30(29)32-4;2*1-2/h27-30H,5-26H2,1-4H3;2*1-2H3. The van der Waals surface area contributed by atoms with Crippen LogP contribution in [0.25, 0.3) is 0 Å². The molecule has 232 valence electrons. The molecule has 1 fully saturated rings. The molecule has 4 unspecified atom stereocenters. The smallest absolute Gasteiger partial charge is 0.114 e. The molecule has 0 aromatic carbocycles. The van der Waals surface area contributed by atoms with E-state index < -0.39 is 0 Å². The van der Waals surface area contributed by atoms with E-state index in [1.807, 2.05) is 27.7 Å². The Morgan fingerprint density at radius 1 is 0.526 bits per heavy atom. The first kappa shape index (κ1) is 40.0. The van der Waals surface area contributed by atoms with Crippen LogP contribution in [0.2, 0.25) is 0 Å². The molecule has 0 spiro atoms. The molecule has 0 radical (unpaired) electrons. The summed E-state index contributed by atoms with van der Waals surface area (Å²) < 4.78 is 22.9. The van der Waals surface area contributed by atoms with Gasteiger partial charge in [0.1, 0.15) is 18.3 Å². The lowest BCUT2D eigenvalue weighted by Gasteiger charge is -2.22. The number of hydrogen-bond acceptors (Lipinski definition) is 4. The third kappa shape index (κ3) is 22.6. The van der Waals surface area contributed by atoms with Gasteiger partial charge in [0.2, 0.25) is 0 Å². The number of methoxy groups -OCH3 is 2. The number of rotatable bonds is 25. The van der Waals surface area contributed by atoms with E-state index in [4.69, 9.17) is 18.9 Å². The van der Waals surface area contributed by atoms with Crippen molar-refractivity contribution in [2.24, 2.45) is 0 Å². The predicted molar refractivity (Wildman–Crippen MR) is 167 cm³/mol. The second-order valence-corrected chi connectivity index (χ2v) is 10.6. The molecular formula is C34H72O4. The van der Waals surface area contributed by atoms with Crippen LogP contribution < -0.4 is 0 Å². The fourth-order valence-electron chi connectivity index (χ4n) is 5.30. The van der Waals surface area contributed by atoms with E-state index in [0.717, 1.165) is 13.0 Å². The van der Waals surface area contributed by atoms with Crippen LogP contribution in [0.3, 0.4) is 0 Å². The van der Waals surface area contributed by atoms with Crippen molar-refractivity contribution in [3.05, 3.63) is 0 Å². The Hall–Kier alpha value is -0.160. The van der Waals surface area contributed by atoms with E-state index in [-0.39, 0.29) is 24.4 Å². The van der Waals surface area contributed by atoms with Gasteiger partial charge in [-0.3, -0.25) is 0 Å². The molecule has 0 bridgehead atoms. The molecule has 1 rings (SSSR count). The lowest BCUT2D eigenvalue weighted by Crippen LogP contribution is -2.37. The molecule has 0 saturated carbocycles. The van der Waals surface area contributed by atoms with Crippen molar-refractivity contribution in [1.82, 2.24) is 0 Å². The van der Waals surface area contributed by atoms with Gasteiger partial charge in [-0.25, -0.2) is 0 Å². The van der Waals surface area contributed by atoms with Crippen LogP contribution in [0.1, 0.15) is 170 Å². The summed E-state index contributed by atoms with van der Waals surface area (Å²) in [6.07, 6.45) is 28.2. The zero-order chi connectivity index (χ0) is 28.7. The molecule has 4 nitrogen and oxygen atoms in total. The summed E-state index contributed by atoms with van der Waals surface area (Å²) in [5, 5.41) is 0. The van der Waals surface area contributed by atoms with Gasteiger partial charge >= 0.3 is 0 Å². The van der Waals surface area contributed by atoms with Gasteiger partial charge < -0.3 is 18.9 Å². The molecule has 0 N–H and O–H groups in total. The lowest BCUT2D eigenvalue weighted by atomic mass is 10.0. The van der Waals surface area contributed by atoms with Crippen molar-refractivity contribution in [2.45, 2.75) is 194 Å². The van der Waals surface area contributed by atoms with Crippen molar-refractivity contribution < 1.29 is 18.9 Å². The van der Waals surface area contributed by atoms with E-state index in [1.165, 1.54) is 122 Å². The molecule has 0 amide bonds. The zero-order valence-electron chi connectivity index (χ0n) is 27.5. The molecule has 1 saturated heterocycles. The molecule has 4 heteroatoms. The highest BCUT2D eigenvalue weighted by atomic mass is 16.6. The minimum atomic E-state index is -0.0277. The third-order valence-corrected chi connectivity index (χ3v) is 7.45. The molecule has 1 heterocycles. The highest BCUT2D eigenvalue weighted by Crippen LogP contribution is 2.26. The van der Waals surface area contributed by atoms with Crippen molar-refractivity contribution in [1.29, 1.82) is 0 Å². The summed E-state index contributed by atoms with van der Waals surface area (Å²) >= 11 is 0. The average molecular weight is 545 g/mol. The summed E-state index contributed by atoms with van der Waals surface area (Å²) in [5.41, 5.74) is 0. The van der Waals surface area contributed by atoms with Crippen LogP contribution in [0.5, 0.6) is 0 Å². The van der Waals surface area contributed by atoms with Gasteiger partial charge in [-0.15, -0.1) is 0 Å². The molecule has 1 aliphatic heterocycles. The summed E-state index contributed by atoms with van der Waals surface area (Å²) in [6.45, 7) is 13.7. The first-order valence-corrected chi connectivity index (χ1v) is 17.0. The second kappa shape index (κ2) is 33.0. The van der Waals surface area contributed by atoms with Gasteiger partial charge in [0, 0.05) is 20.8 Å². The van der Waals surface area contributed by atoms with Gasteiger partial charge in [0.25, 0.3) is 0 Å². The van der Waals surface area contributed by atoms with E-state index >= 15 is 0 Å². The second-order valence-electron chi connectivity index (χ2n) is 10.6. The molecule has 1 aliphatic rings. The molecule has 4 atom stereocenters. The van der Waals surface area contributed by atoms with Crippen molar-refractivity contribution in [3.63, 3.8) is 0 Å². The third-order valence-electron chi connectivity index (χ3n) is 7.45. The molecule has 0 aromatic rings. The van der Waals surface area contributed by atoms with Gasteiger partial charge in [-0.1, -0.05) is 157 Å². The van der Waals surface area contributed by atoms with Crippen LogP contribution in [-0.2, 0) is 18.9 Å². The zero-order valence-corrected chi connectivity index (χ0v) is 27.5. The van der Waals surface area contributed by atoms with E-state index in [2.05, 4.69) is 13.8 Å². The molecule has 38 heavy (non-hydrogen) atoms. The van der Waals surface area contributed by atoms with Crippen LogP contribution in [0.4, 0.5) is 0 Å². The summed E-state index contributed by atoms with van der Waals surface area (Å²) in [7, 11) is 3.44. The van der Waals surface area contributed by atoms with Crippen LogP contribution in [-0.4, -0.2) is 51.8 Å². The molecule has 0 aliphatic carbocycles. The fraction of sp³-hybridized carbons (Fsp3) is 1.00. The minimum Gasteiger partial charge on any atom is -0.382 e. The lowest BCUT2D eigenvalue weighted by molar-refractivity contribution is -0.0565. The quantitative estimate of drug-likeness (QED) is 0.107. The maximum Gasteiger partial charge on any atom is 0.114 e. The van der Waals surface area contributed by atoms with Crippen molar-refractivity contribution in [2.75, 3.05) is 27.4 Å². The molecule has 0 aromatic heterocycles. The summed E-state index contributed by atoms with van der Waals surface area (Å²) in [4.78, 5) is 0. The Balaban J connectivity index is 0. The topological polar surface area (TPSA) is 36.9 Å². The number of unbranched alkanes of at least 4 members (excludes halogenated alkanes) is 19. The first-order valence-electron chi connectivity index (χ1n) is 17.0. The normalized spacial score (nSPS) is 20.5. The Kier molecular flexibility index (Phi) is 34.8. The van der Waals surface area contributed by atoms with E-state index in [1.54, 1.807) is 14.2 Å². The molecular weight excluding hydrogens is 472 g/mol. The van der Waals surface area contributed by atoms with Crippen molar-refractivity contribution in [3.8, 4) is 0 Å². The Labute approximate surface area is 240 Å². The highest BCUT2D eigenvalue weighted by molar-refractivity contribution is 4.91. The Bertz CT molecular complexity index is 417. The van der Waals surface area contributed by atoms with Gasteiger partial charge in [0.15, 0.2) is 0 Å². The maximum absolute atomic E-state index is 6.13. The van der Waals surface area contributed by atoms with Gasteiger partial charge in [0.05, 0.1) is 12.7 Å². The van der Waals surface area contributed by atoms with Crippen LogP contribution in [0, 0.1) is 0 Å². The maximum atomic E-state index is 6.13. The van der Waals surface area contributed by atoms with Gasteiger partial charge in [-0.05, 0) is 13.3 Å². The summed E-state index contributed by atoms with van der Waals surface area (Å²) in [5.74, 6) is 0. The van der Waals surface area contributed by atoms with E-state index in [0.29, 0.717) is 6.61 Å². The largest absolute Gasteiger partial charge is 0.382 e. The first-order chi connectivity index (χ1) is 18.7. The number of ether oxygens (including phenoxy) is 4. The van der Waals surface area contributed by atoms with Crippen LogP contribution in [0.15, 0.2) is 0 Å². The summed E-state index contributed by atoms with van der Waals surface area (Å²) in [6, 6.07) is 0.